The Hall–Kier alpha value is -2.13. The number of hydrogen-bond acceptors (Lipinski definition) is 9. The lowest BCUT2D eigenvalue weighted by atomic mass is 9.95. The Labute approximate surface area is 332 Å². The lowest BCUT2D eigenvalue weighted by molar-refractivity contribution is -0.150. The van der Waals surface area contributed by atoms with E-state index in [1.165, 1.54) is 64.2 Å². The zero-order valence-electron chi connectivity index (χ0n) is 35.9. The van der Waals surface area contributed by atoms with E-state index in [-0.39, 0.29) is 30.4 Å². The number of ether oxygens (including phenoxy) is 3. The molecule has 0 aromatic rings. The molecule has 54 heavy (non-hydrogen) atoms. The number of likely N-dealkylation sites (N-methyl/N-ethyl adjacent to an activating group) is 1. The van der Waals surface area contributed by atoms with Crippen LogP contribution in [0, 0.1) is 5.92 Å². The average Bonchev–Trinajstić information content (AvgIpc) is 3.16. The molecule has 0 fully saturated rings. The van der Waals surface area contributed by atoms with E-state index in [2.05, 4.69) is 43.2 Å². The van der Waals surface area contributed by atoms with Crippen molar-refractivity contribution in [3.05, 3.63) is 11.4 Å². The second kappa shape index (κ2) is 35.3. The minimum absolute atomic E-state index is 0.00827. The van der Waals surface area contributed by atoms with Gasteiger partial charge in [0.1, 0.15) is 18.4 Å². The molecule has 0 saturated carbocycles. The van der Waals surface area contributed by atoms with Crippen LogP contribution in [-0.4, -0.2) is 81.8 Å². The number of nitrogens with one attached hydrogen (secondary N) is 2. The summed E-state index contributed by atoms with van der Waals surface area (Å²) in [6, 6.07) is 0. The van der Waals surface area contributed by atoms with E-state index in [0.29, 0.717) is 37.7 Å². The van der Waals surface area contributed by atoms with Crippen LogP contribution in [0.15, 0.2) is 11.4 Å². The van der Waals surface area contributed by atoms with Crippen LogP contribution in [0.25, 0.3) is 0 Å². The molecule has 0 amide bonds. The second-order valence-electron chi connectivity index (χ2n) is 15.7. The zero-order valence-corrected chi connectivity index (χ0v) is 35.9. The van der Waals surface area contributed by atoms with E-state index in [1.54, 1.807) is 0 Å². The van der Waals surface area contributed by atoms with E-state index >= 15 is 0 Å². The van der Waals surface area contributed by atoms with E-state index in [1.807, 2.05) is 7.05 Å². The van der Waals surface area contributed by atoms with Crippen LogP contribution in [0.4, 0.5) is 0 Å². The molecule has 0 radical (unpaired) electrons. The minimum Gasteiger partial charge on any atom is -0.466 e. The van der Waals surface area contributed by atoms with Crippen LogP contribution in [0.3, 0.4) is 0 Å². The molecule has 0 spiro atoms. The van der Waals surface area contributed by atoms with Gasteiger partial charge in [-0.2, -0.15) is 0 Å². The van der Waals surface area contributed by atoms with Crippen LogP contribution < -0.4 is 10.6 Å². The number of unbranched alkanes of at least 4 members (excludes halogenated alkanes) is 12. The van der Waals surface area contributed by atoms with Crippen molar-refractivity contribution in [3.8, 4) is 0 Å². The van der Waals surface area contributed by atoms with Gasteiger partial charge in [-0.05, 0) is 89.8 Å². The van der Waals surface area contributed by atoms with Crippen LogP contribution >= 0.6 is 0 Å². The smallest absolute Gasteiger partial charge is 0.306 e. The molecule has 1 aliphatic rings. The highest BCUT2D eigenvalue weighted by Crippen LogP contribution is 2.19. The lowest BCUT2D eigenvalue weighted by Gasteiger charge is -2.24. The third-order valence-electron chi connectivity index (χ3n) is 10.8. The summed E-state index contributed by atoms with van der Waals surface area (Å²) in [7, 11) is 1.83. The molecule has 0 atom stereocenters. The molecule has 9 heteroatoms. The molecule has 1 heterocycles. The maximum Gasteiger partial charge on any atom is 0.306 e. The number of rotatable bonds is 38. The highest BCUT2D eigenvalue weighted by Gasteiger charge is 2.20. The van der Waals surface area contributed by atoms with Crippen molar-refractivity contribution in [1.29, 1.82) is 0 Å². The Balaban J connectivity index is 2.39. The van der Waals surface area contributed by atoms with Crippen LogP contribution in [0.5, 0.6) is 0 Å². The molecular formula is C45H85N3O6. The number of ketones is 1. The van der Waals surface area contributed by atoms with Gasteiger partial charge >= 0.3 is 11.9 Å². The fourth-order valence-electron chi connectivity index (χ4n) is 7.49. The highest BCUT2D eigenvalue weighted by molar-refractivity contribution is 5.97. The van der Waals surface area contributed by atoms with Gasteiger partial charge in [-0.1, -0.05) is 118 Å². The molecule has 316 valence electrons. The summed E-state index contributed by atoms with van der Waals surface area (Å²) in [5.41, 5.74) is 1.50. The fraction of sp³-hybridized carbons (Fsp3) is 0.889. The Bertz CT molecular complexity index is 957. The van der Waals surface area contributed by atoms with Crippen molar-refractivity contribution < 1.29 is 28.6 Å². The van der Waals surface area contributed by atoms with Crippen molar-refractivity contribution in [2.75, 3.05) is 53.0 Å². The van der Waals surface area contributed by atoms with Gasteiger partial charge in [0.2, 0.25) is 5.78 Å². The molecule has 9 nitrogen and oxygen atoms in total. The molecule has 0 aromatic carbocycles. The summed E-state index contributed by atoms with van der Waals surface area (Å²) in [6.07, 6.45) is 28.0. The zero-order chi connectivity index (χ0) is 39.5. The molecule has 0 aromatic heterocycles. The molecule has 0 aliphatic carbocycles. The predicted octanol–water partition coefficient (Wildman–Crippen LogP) is 10.2. The molecular weight excluding hydrogens is 679 g/mol. The third-order valence-corrected chi connectivity index (χ3v) is 10.8. The van der Waals surface area contributed by atoms with Gasteiger partial charge < -0.3 is 29.7 Å². The van der Waals surface area contributed by atoms with Gasteiger partial charge in [0.15, 0.2) is 0 Å². The van der Waals surface area contributed by atoms with Crippen molar-refractivity contribution >= 4 is 17.7 Å². The summed E-state index contributed by atoms with van der Waals surface area (Å²) in [4.78, 5) is 39.8. The second-order valence-corrected chi connectivity index (χ2v) is 15.7. The average molecular weight is 764 g/mol. The highest BCUT2D eigenvalue weighted by atomic mass is 16.5. The first kappa shape index (κ1) is 49.9. The normalized spacial score (nSPS) is 13.4. The molecule has 1 aliphatic heterocycles. The van der Waals surface area contributed by atoms with Gasteiger partial charge in [-0.15, -0.1) is 0 Å². The topological polar surface area (TPSA) is 106 Å². The number of hydrogen-bond donors (Lipinski definition) is 2. The summed E-state index contributed by atoms with van der Waals surface area (Å²) < 4.78 is 16.8. The number of Topliss-reactive ketones (excluding diaryl/α,β-unsaturated/α-hetero) is 1. The molecule has 0 bridgehead atoms. The van der Waals surface area contributed by atoms with E-state index in [0.717, 1.165) is 122 Å². The number of esters is 2. The van der Waals surface area contributed by atoms with E-state index in [9.17, 15) is 14.4 Å². The lowest BCUT2D eigenvalue weighted by Crippen LogP contribution is -2.36. The quantitative estimate of drug-likeness (QED) is 0.0470. The Kier molecular flexibility index (Phi) is 32.6. The van der Waals surface area contributed by atoms with Gasteiger partial charge in [0.25, 0.3) is 0 Å². The largest absolute Gasteiger partial charge is 0.466 e. The summed E-state index contributed by atoms with van der Waals surface area (Å²) in [5.74, 6) is 0.649. The maximum absolute atomic E-state index is 12.6. The minimum atomic E-state index is -0.0363. The third kappa shape index (κ3) is 26.6. The van der Waals surface area contributed by atoms with E-state index < -0.39 is 0 Å². The van der Waals surface area contributed by atoms with Crippen molar-refractivity contribution in [3.63, 3.8) is 0 Å². The first-order chi connectivity index (χ1) is 26.4. The van der Waals surface area contributed by atoms with Crippen LogP contribution in [0.2, 0.25) is 0 Å². The Morgan fingerprint density at radius 3 is 1.78 bits per heavy atom. The van der Waals surface area contributed by atoms with Gasteiger partial charge in [-0.25, -0.2) is 0 Å². The van der Waals surface area contributed by atoms with Crippen LogP contribution in [-0.2, 0) is 28.6 Å². The Morgan fingerprint density at radius 1 is 0.648 bits per heavy atom. The summed E-state index contributed by atoms with van der Waals surface area (Å²) in [6.45, 7) is 13.9. The van der Waals surface area contributed by atoms with Crippen LogP contribution in [0.1, 0.15) is 195 Å². The first-order valence-electron chi connectivity index (χ1n) is 22.7. The summed E-state index contributed by atoms with van der Waals surface area (Å²) >= 11 is 0. The first-order valence-corrected chi connectivity index (χ1v) is 22.7. The van der Waals surface area contributed by atoms with E-state index in [4.69, 9.17) is 14.2 Å². The van der Waals surface area contributed by atoms with Gasteiger partial charge in [0, 0.05) is 26.4 Å². The molecule has 1 rings (SSSR count). The van der Waals surface area contributed by atoms with Gasteiger partial charge in [-0.3, -0.25) is 14.4 Å². The Morgan fingerprint density at radius 2 is 1.20 bits per heavy atom. The number of nitrogens with zero attached hydrogens (tertiary/aromatic N) is 1. The summed E-state index contributed by atoms with van der Waals surface area (Å²) in [5, 5.41) is 6.48. The molecule has 2 N–H and O–H groups in total. The fourth-order valence-corrected chi connectivity index (χ4v) is 7.49. The van der Waals surface area contributed by atoms with Crippen molar-refractivity contribution in [2.24, 2.45) is 5.92 Å². The standard InChI is InChI=1S/C45H85N3O6/c1-6-10-18-27-40(28-19-11-7-2)54-44(51)30-21-15-13-17-23-34-48(35-24-32-47-45-41(46-5)37-52-38-42(45)49)33-22-16-12-14-20-29-43(50)53-36-31-39(25-8-3)26-9-4/h39-40,46-47H,6-38H2,1-5H3. The predicted molar refractivity (Wildman–Crippen MR) is 223 cm³/mol. The molecule has 0 unspecified atom stereocenters. The van der Waals surface area contributed by atoms with Crippen molar-refractivity contribution in [2.45, 2.75) is 201 Å². The number of carbonyl (C=O) groups excluding carboxylic acids is 3. The van der Waals surface area contributed by atoms with Gasteiger partial charge in [0.05, 0.1) is 18.9 Å². The number of carbonyl (C=O) groups is 3. The SMILES string of the molecule is CCCCCC(CCCCC)OC(=O)CCCCCCCN(CCCCCCCC(=O)OCCC(CCC)CCC)CCCNC1=C(NC)COCC1=O. The van der Waals surface area contributed by atoms with Crippen molar-refractivity contribution in [1.82, 2.24) is 15.5 Å². The maximum atomic E-state index is 12.6. The molecule has 0 saturated heterocycles. The monoisotopic (exact) mass is 764 g/mol.